The Kier molecular flexibility index (Phi) is 12.1. The van der Waals surface area contributed by atoms with E-state index in [1.165, 1.54) is 12.1 Å². The SMILES string of the molecule is Cc1nn(C)c(C)c1-c1c(Cl)ccc2c(CCCOc3cccc4cc(F)ccc34)c(C(=O)OC(C)(C)C)n(CCN3CCC(NC(=O)OC(C)(C)C)CC3)c12. The van der Waals surface area contributed by atoms with E-state index < -0.39 is 23.3 Å². The Morgan fingerprint density at radius 2 is 1.62 bits per heavy atom. The van der Waals surface area contributed by atoms with Crippen LogP contribution in [0.2, 0.25) is 5.02 Å². The van der Waals surface area contributed by atoms with Crippen LogP contribution in [-0.4, -0.2) is 74.8 Å². The van der Waals surface area contributed by atoms with E-state index in [-0.39, 0.29) is 11.9 Å². The van der Waals surface area contributed by atoms with Crippen LogP contribution in [0, 0.1) is 19.7 Å². The minimum atomic E-state index is -0.730. The number of nitrogens with one attached hydrogen (secondary N) is 1. The van der Waals surface area contributed by atoms with Crippen molar-refractivity contribution in [2.75, 3.05) is 26.2 Å². The topological polar surface area (TPSA) is 99.9 Å². The van der Waals surface area contributed by atoms with E-state index in [1.54, 1.807) is 6.07 Å². The number of aromatic nitrogens is 3. The Hall–Kier alpha value is -4.61. The average molecular weight is 788 g/mol. The number of carbonyl (C=O) groups excluding carboxylic acids is 2. The fourth-order valence-electron chi connectivity index (χ4n) is 7.70. The van der Waals surface area contributed by atoms with Crippen molar-refractivity contribution in [3.8, 4) is 16.9 Å². The van der Waals surface area contributed by atoms with Gasteiger partial charge < -0.3 is 29.0 Å². The van der Waals surface area contributed by atoms with Crippen molar-refractivity contribution in [3.05, 3.63) is 82.0 Å². The first-order valence-electron chi connectivity index (χ1n) is 19.5. The molecule has 1 aliphatic rings. The van der Waals surface area contributed by atoms with E-state index >= 15 is 0 Å². The number of likely N-dealkylation sites (tertiary alicyclic amines) is 1. The highest BCUT2D eigenvalue weighted by atomic mass is 35.5. The Balaban J connectivity index is 1.35. The number of carbonyl (C=O) groups is 2. The first kappa shape index (κ1) is 41.0. The third-order valence-corrected chi connectivity index (χ3v) is 10.5. The molecule has 3 heterocycles. The smallest absolute Gasteiger partial charge is 0.407 e. The fourth-order valence-corrected chi connectivity index (χ4v) is 7.95. The van der Waals surface area contributed by atoms with Gasteiger partial charge in [0.1, 0.15) is 28.5 Å². The first-order chi connectivity index (χ1) is 26.4. The molecule has 2 aromatic heterocycles. The third kappa shape index (κ3) is 9.32. The van der Waals surface area contributed by atoms with E-state index in [1.807, 2.05) is 97.5 Å². The van der Waals surface area contributed by atoms with Gasteiger partial charge in [-0.15, -0.1) is 0 Å². The van der Waals surface area contributed by atoms with Gasteiger partial charge in [-0.3, -0.25) is 4.68 Å². The highest BCUT2D eigenvalue weighted by Crippen LogP contribution is 2.42. The molecule has 0 saturated carbocycles. The van der Waals surface area contributed by atoms with Crippen molar-refractivity contribution >= 4 is 45.3 Å². The van der Waals surface area contributed by atoms with Gasteiger partial charge in [0.2, 0.25) is 0 Å². The second-order valence-corrected chi connectivity index (χ2v) is 17.2. The lowest BCUT2D eigenvalue weighted by Gasteiger charge is -2.33. The van der Waals surface area contributed by atoms with Crippen molar-refractivity contribution in [2.45, 2.75) is 105 Å². The molecule has 1 fully saturated rings. The number of benzene rings is 3. The molecule has 0 bridgehead atoms. The maximum Gasteiger partial charge on any atom is 0.407 e. The number of hydrogen-bond acceptors (Lipinski definition) is 7. The predicted molar refractivity (Wildman–Crippen MR) is 220 cm³/mol. The van der Waals surface area contributed by atoms with E-state index in [2.05, 4.69) is 14.8 Å². The lowest BCUT2D eigenvalue weighted by Crippen LogP contribution is -2.46. The molecule has 56 heavy (non-hydrogen) atoms. The molecule has 6 rings (SSSR count). The molecule has 1 saturated heterocycles. The summed E-state index contributed by atoms with van der Waals surface area (Å²) in [7, 11) is 1.92. The quantitative estimate of drug-likeness (QED) is 0.105. The number of hydrogen-bond donors (Lipinski definition) is 1. The summed E-state index contributed by atoms with van der Waals surface area (Å²) in [4.78, 5) is 29.3. The zero-order valence-electron chi connectivity index (χ0n) is 34.1. The minimum Gasteiger partial charge on any atom is -0.493 e. The summed E-state index contributed by atoms with van der Waals surface area (Å²) in [6.45, 7) is 18.3. The van der Waals surface area contributed by atoms with Crippen molar-refractivity contribution < 1.29 is 28.2 Å². The molecule has 0 atom stereocenters. The van der Waals surface area contributed by atoms with Crippen LogP contribution in [0.3, 0.4) is 0 Å². The molecular formula is C44H55ClFN5O5. The van der Waals surface area contributed by atoms with Crippen molar-refractivity contribution in [1.29, 1.82) is 0 Å². The highest BCUT2D eigenvalue weighted by Gasteiger charge is 2.31. The Morgan fingerprint density at radius 3 is 2.29 bits per heavy atom. The van der Waals surface area contributed by atoms with Crippen molar-refractivity contribution in [2.24, 2.45) is 7.05 Å². The van der Waals surface area contributed by atoms with E-state index in [0.717, 1.165) is 75.7 Å². The number of halogens is 2. The Labute approximate surface area is 334 Å². The van der Waals surface area contributed by atoms with Gasteiger partial charge in [0, 0.05) is 66.9 Å². The van der Waals surface area contributed by atoms with Crippen LogP contribution in [-0.2, 0) is 29.5 Å². The van der Waals surface area contributed by atoms with Gasteiger partial charge in [-0.1, -0.05) is 29.8 Å². The molecule has 300 valence electrons. The molecule has 0 radical (unpaired) electrons. The largest absolute Gasteiger partial charge is 0.493 e. The number of aryl methyl sites for hydroxylation is 3. The zero-order valence-corrected chi connectivity index (χ0v) is 34.9. The molecule has 3 aromatic carbocycles. The minimum absolute atomic E-state index is 0.0247. The summed E-state index contributed by atoms with van der Waals surface area (Å²) >= 11 is 7.14. The van der Waals surface area contributed by atoms with Gasteiger partial charge >= 0.3 is 12.1 Å². The summed E-state index contributed by atoms with van der Waals surface area (Å²) in [5, 5.41) is 10.9. The van der Waals surface area contributed by atoms with Crippen molar-refractivity contribution in [1.82, 2.24) is 24.6 Å². The fraction of sp³-hybridized carbons (Fsp3) is 0.477. The number of esters is 1. The summed E-state index contributed by atoms with van der Waals surface area (Å²) < 4.78 is 35.8. The standard InChI is InChI=1S/C44H55ClFN5O5/c1-27-37(28(2)49(9)48-27)38-35(45)18-17-34-33(13-11-25-54-36-14-10-12-29-26-30(46)15-16-32(29)36)40(41(52)55-43(3,4)5)51(39(34)38)24-23-50-21-19-31(20-22-50)47-42(53)56-44(6,7)8/h10,12,14-18,26,31H,11,13,19-25H2,1-9H3,(H,47,53). The Morgan fingerprint density at radius 1 is 0.929 bits per heavy atom. The van der Waals surface area contributed by atoms with Gasteiger partial charge in [-0.05, 0) is 122 Å². The molecule has 10 nitrogen and oxygen atoms in total. The molecule has 1 amide bonds. The number of rotatable bonds is 11. The number of amides is 1. The molecular weight excluding hydrogens is 733 g/mol. The van der Waals surface area contributed by atoms with Crippen LogP contribution in [0.15, 0.2) is 48.5 Å². The van der Waals surface area contributed by atoms with Gasteiger partial charge in [-0.2, -0.15) is 5.10 Å². The summed E-state index contributed by atoms with van der Waals surface area (Å²) in [5.41, 5.74) is 4.53. The second-order valence-electron chi connectivity index (χ2n) is 16.8. The predicted octanol–water partition coefficient (Wildman–Crippen LogP) is 9.56. The number of nitrogens with zero attached hydrogens (tertiary/aromatic N) is 4. The monoisotopic (exact) mass is 787 g/mol. The maximum absolute atomic E-state index is 14.4. The molecule has 0 unspecified atom stereocenters. The van der Waals surface area contributed by atoms with Crippen molar-refractivity contribution in [3.63, 3.8) is 0 Å². The van der Waals surface area contributed by atoms with Crippen LogP contribution in [0.4, 0.5) is 9.18 Å². The molecule has 12 heteroatoms. The number of fused-ring (bicyclic) bond motifs is 2. The van der Waals surface area contributed by atoms with Crippen LogP contribution in [0.5, 0.6) is 5.75 Å². The van der Waals surface area contributed by atoms with Crippen LogP contribution in [0.25, 0.3) is 32.8 Å². The highest BCUT2D eigenvalue weighted by molar-refractivity contribution is 6.35. The Bertz CT molecular complexity index is 2240. The van der Waals surface area contributed by atoms with E-state index in [9.17, 15) is 14.0 Å². The van der Waals surface area contributed by atoms with Crippen LogP contribution >= 0.6 is 11.6 Å². The molecule has 5 aromatic rings. The number of ether oxygens (including phenoxy) is 3. The number of alkyl carbamates (subject to hydrolysis) is 1. The average Bonchev–Trinajstić information content (AvgIpc) is 3.55. The van der Waals surface area contributed by atoms with Crippen LogP contribution < -0.4 is 10.1 Å². The van der Waals surface area contributed by atoms with Gasteiger partial charge in [0.25, 0.3) is 0 Å². The molecule has 1 N–H and O–H groups in total. The molecule has 0 aliphatic carbocycles. The van der Waals surface area contributed by atoms with E-state index in [0.29, 0.717) is 49.0 Å². The summed E-state index contributed by atoms with van der Waals surface area (Å²) in [6.07, 6.45) is 2.31. The first-order valence-corrected chi connectivity index (χ1v) is 19.9. The summed E-state index contributed by atoms with van der Waals surface area (Å²) in [6, 6.07) is 14.2. The number of piperidine rings is 1. The zero-order chi connectivity index (χ0) is 40.5. The van der Waals surface area contributed by atoms with Gasteiger partial charge in [0.05, 0.1) is 22.8 Å². The van der Waals surface area contributed by atoms with Gasteiger partial charge in [-0.25, -0.2) is 14.0 Å². The lowest BCUT2D eigenvalue weighted by molar-refractivity contribution is 0.00559. The maximum atomic E-state index is 14.4. The third-order valence-electron chi connectivity index (χ3n) is 10.2. The van der Waals surface area contributed by atoms with Gasteiger partial charge in [0.15, 0.2) is 0 Å². The summed E-state index contributed by atoms with van der Waals surface area (Å²) in [5.74, 6) is -0.0156. The molecule has 0 spiro atoms. The normalized spacial score (nSPS) is 14.4. The van der Waals surface area contributed by atoms with Crippen LogP contribution in [0.1, 0.15) is 88.2 Å². The molecule has 1 aliphatic heterocycles. The lowest BCUT2D eigenvalue weighted by atomic mass is 9.98. The second kappa shape index (κ2) is 16.5. The van der Waals surface area contributed by atoms with E-state index in [4.69, 9.17) is 30.9 Å².